The van der Waals surface area contributed by atoms with Crippen LogP contribution in [0.25, 0.3) is 11.2 Å². The van der Waals surface area contributed by atoms with E-state index in [0.29, 0.717) is 29.3 Å². The number of alkyl carbamates (subject to hydrolysis) is 1. The van der Waals surface area contributed by atoms with Crippen molar-refractivity contribution >= 4 is 85.5 Å². The van der Waals surface area contributed by atoms with Crippen LogP contribution in [0.2, 0.25) is 0 Å². The fraction of sp³-hybridized carbons (Fsp3) is 0.404. The Morgan fingerprint density at radius 3 is 2.44 bits per heavy atom. The molecule has 2 aromatic heterocycles. The van der Waals surface area contributed by atoms with Crippen LogP contribution in [0.15, 0.2) is 53.5 Å². The molecule has 5 unspecified atom stereocenters. The third-order valence-electron chi connectivity index (χ3n) is 13.7. The molecule has 80 heavy (non-hydrogen) atoms. The summed E-state index contributed by atoms with van der Waals surface area (Å²) in [6, 6.07) is 8.08. The number of amides is 2. The first-order chi connectivity index (χ1) is 38.2. The molecule has 12 N–H and O–H groups in total. The number of Topliss-reactive ketones (excluding diaryl/α,β-unsaturated/α-hetero) is 2. The number of nitrogens with one attached hydrogen (secondary N) is 4. The van der Waals surface area contributed by atoms with E-state index in [2.05, 4.69) is 35.9 Å². The molecule has 5 aromatic rings. The van der Waals surface area contributed by atoms with E-state index in [4.69, 9.17) is 24.7 Å². The van der Waals surface area contributed by atoms with Gasteiger partial charge in [0.25, 0.3) is 5.91 Å². The number of aromatic amines is 1. The fourth-order valence-electron chi connectivity index (χ4n) is 9.59. The molecule has 3 heterocycles. The number of anilines is 2. The van der Waals surface area contributed by atoms with Crippen LogP contribution in [0.4, 0.5) is 16.4 Å². The van der Waals surface area contributed by atoms with Crippen LogP contribution in [-0.2, 0) is 41.6 Å². The van der Waals surface area contributed by atoms with Crippen LogP contribution >= 0.6 is 21.6 Å². The van der Waals surface area contributed by atoms with E-state index in [1.165, 1.54) is 72.2 Å². The van der Waals surface area contributed by atoms with Crippen molar-refractivity contribution in [3.8, 4) is 17.2 Å². The van der Waals surface area contributed by atoms with Crippen molar-refractivity contribution in [3.05, 3.63) is 104 Å². The number of phenolic OH excluding ortho intramolecular Hbond substituents is 2. The highest BCUT2D eigenvalue weighted by atomic mass is 33.1. The van der Waals surface area contributed by atoms with E-state index in [1.807, 2.05) is 0 Å². The lowest BCUT2D eigenvalue weighted by atomic mass is 9.72. The quantitative estimate of drug-likeness (QED) is 0.0249. The van der Waals surface area contributed by atoms with Crippen LogP contribution < -0.4 is 32.0 Å². The normalized spacial score (nSPS) is 20.6. The second kappa shape index (κ2) is 25.2. The van der Waals surface area contributed by atoms with E-state index in [0.717, 1.165) is 0 Å². The summed E-state index contributed by atoms with van der Waals surface area (Å²) in [6.45, 7) is 0.502. The summed E-state index contributed by atoms with van der Waals surface area (Å²) in [5.41, 5.74) is 2.05. The van der Waals surface area contributed by atoms with E-state index in [-0.39, 0.29) is 95.3 Å². The summed E-state index contributed by atoms with van der Waals surface area (Å²) < 4.78 is 22.8. The number of rotatable bonds is 23. The number of methoxy groups -OCH3 is 1. The molecule has 26 nitrogen and oxygen atoms in total. The molecule has 8 rings (SSSR count). The number of aromatic hydroxyl groups is 2. The minimum atomic E-state index is -2.39. The Hall–Kier alpha value is -7.73. The Bertz CT molecular complexity index is 3310. The average Bonchev–Trinajstić information content (AvgIpc) is 3.46. The second-order valence-corrected chi connectivity index (χ2v) is 21.7. The standard InChI is InChI=1S/C52H56N8O18S2/c1-23-41(64)31(17-35(77-23)78-33-19-52(74,34(63)22-61)18-29-37(33)45(68)39-38(43(29)66)42(65)28-6-3-7-32(75-2)36(28)44(39)67)58-51(73)76-14-16-80-79-15-4-5-27(62)12-13-30(49(71)72)57-47(69)24-8-10-25(11-9-24)54-20-26-21-55-46-40(56-26)48(70)60-50(53)59-46/h3,6-11,21,23,30-31,33,35,41,54,61,64,66,68,74H,4-5,12-20,22H2,1-2H3,(H,57,69)(H,58,73)(H,71,72)(H3,53,55,59,60,70)/t23?,30-,31?,33-,35?,41?,52?/m1/s1. The maximum absolute atomic E-state index is 14.0. The monoisotopic (exact) mass is 1140 g/mol. The topological polar surface area (TPSA) is 411 Å². The first-order valence-electron chi connectivity index (χ1n) is 25.0. The number of nitrogens with zero attached hydrogens (tertiary/aromatic N) is 3. The van der Waals surface area contributed by atoms with Gasteiger partial charge in [0.05, 0.1) is 60.5 Å². The number of ether oxygens (including phenoxy) is 4. The SMILES string of the molecule is COc1cccc2c1C(=O)c1c(O)c3c(c(O)c1C2=O)CC(O)(C(=O)CO)C[C@H]3OC1CC(NC(=O)OCCSSCCCC(=O)CC[C@@H](NC(=O)c2ccc(NCc3cnc4[nH]c(N)nc(=O)c4n3)cc2)C(=O)O)C(O)C(C)O1. The fourth-order valence-corrected chi connectivity index (χ4v) is 11.5. The van der Waals surface area contributed by atoms with Gasteiger partial charge < -0.3 is 76.3 Å². The minimum Gasteiger partial charge on any atom is -0.507 e. The number of ketones is 4. The molecule has 28 heteroatoms. The molecule has 0 bridgehead atoms. The van der Waals surface area contributed by atoms with Crippen molar-refractivity contribution in [1.29, 1.82) is 0 Å². The van der Waals surface area contributed by atoms with Gasteiger partial charge in [0, 0.05) is 71.6 Å². The predicted molar refractivity (Wildman–Crippen MR) is 285 cm³/mol. The van der Waals surface area contributed by atoms with Gasteiger partial charge in [-0.25, -0.2) is 19.6 Å². The van der Waals surface area contributed by atoms with Crippen molar-refractivity contribution in [3.63, 3.8) is 0 Å². The first kappa shape index (κ1) is 58.4. The number of carbonyl (C=O) groups is 7. The molecule has 0 radical (unpaired) electrons. The average molecular weight is 1150 g/mol. The van der Waals surface area contributed by atoms with Gasteiger partial charge in [-0.15, -0.1) is 0 Å². The zero-order valence-electron chi connectivity index (χ0n) is 42.9. The Balaban J connectivity index is 0.759. The lowest BCUT2D eigenvalue weighted by Crippen LogP contribution is -2.56. The highest BCUT2D eigenvalue weighted by Gasteiger charge is 2.50. The van der Waals surface area contributed by atoms with Crippen molar-refractivity contribution in [1.82, 2.24) is 30.6 Å². The number of carbonyl (C=O) groups excluding carboxylic acids is 6. The molecule has 424 valence electrons. The highest BCUT2D eigenvalue weighted by Crippen LogP contribution is 2.52. The maximum Gasteiger partial charge on any atom is 0.407 e. The van der Waals surface area contributed by atoms with Crippen molar-refractivity contribution < 1.29 is 83.1 Å². The Morgan fingerprint density at radius 1 is 0.975 bits per heavy atom. The zero-order valence-corrected chi connectivity index (χ0v) is 44.5. The summed E-state index contributed by atoms with van der Waals surface area (Å²) in [5.74, 6) is -5.62. The van der Waals surface area contributed by atoms with Gasteiger partial charge in [-0.05, 0) is 50.1 Å². The van der Waals surface area contributed by atoms with Crippen LogP contribution in [0.1, 0.15) is 111 Å². The molecule has 0 saturated carbocycles. The van der Waals surface area contributed by atoms with Gasteiger partial charge >= 0.3 is 17.6 Å². The molecule has 2 aliphatic carbocycles. The number of fused-ring (bicyclic) bond motifs is 4. The number of phenols is 2. The van der Waals surface area contributed by atoms with Gasteiger partial charge in [-0.1, -0.05) is 33.7 Å². The van der Waals surface area contributed by atoms with Crippen molar-refractivity contribution in [2.24, 2.45) is 0 Å². The number of nitrogens with two attached hydrogens (primary N) is 1. The number of aromatic nitrogens is 4. The van der Waals surface area contributed by atoms with Gasteiger partial charge in [0.15, 0.2) is 29.0 Å². The van der Waals surface area contributed by atoms with Crippen LogP contribution in [-0.4, -0.2) is 160 Å². The van der Waals surface area contributed by atoms with Crippen molar-refractivity contribution in [2.45, 2.75) is 101 Å². The molecular weight excluding hydrogens is 1090 g/mol. The molecule has 7 atom stereocenters. The molecule has 1 aliphatic heterocycles. The third-order valence-corrected chi connectivity index (χ3v) is 16.1. The summed E-state index contributed by atoms with van der Waals surface area (Å²) >= 11 is 0. The van der Waals surface area contributed by atoms with Gasteiger partial charge in [0.2, 0.25) is 11.7 Å². The maximum atomic E-state index is 14.0. The number of hydrogen-bond donors (Lipinski definition) is 11. The van der Waals surface area contributed by atoms with E-state index in [1.54, 1.807) is 12.1 Å². The number of hydrogen-bond acceptors (Lipinski definition) is 24. The van der Waals surface area contributed by atoms with Crippen LogP contribution in [0, 0.1) is 0 Å². The smallest absolute Gasteiger partial charge is 0.407 e. The first-order valence-corrected chi connectivity index (χ1v) is 27.5. The molecule has 1 saturated heterocycles. The number of H-pyrrole nitrogens is 1. The summed E-state index contributed by atoms with van der Waals surface area (Å²) in [5, 5.41) is 73.8. The lowest BCUT2D eigenvalue weighted by Gasteiger charge is -2.42. The Kier molecular flexibility index (Phi) is 18.4. The number of aliphatic carboxylic acids is 1. The summed E-state index contributed by atoms with van der Waals surface area (Å²) in [7, 11) is 4.07. The lowest BCUT2D eigenvalue weighted by molar-refractivity contribution is -0.249. The number of aliphatic hydroxyl groups is 3. The highest BCUT2D eigenvalue weighted by molar-refractivity contribution is 8.76. The van der Waals surface area contributed by atoms with Crippen LogP contribution in [0.5, 0.6) is 17.2 Å². The number of carboxylic acid groups (broad SMARTS) is 1. The van der Waals surface area contributed by atoms with Gasteiger partial charge in [0.1, 0.15) is 54.0 Å². The predicted octanol–water partition coefficient (Wildman–Crippen LogP) is 2.38. The molecule has 0 spiro atoms. The van der Waals surface area contributed by atoms with E-state index < -0.39 is 125 Å². The van der Waals surface area contributed by atoms with Crippen molar-refractivity contribution in [2.75, 3.05) is 42.9 Å². The van der Waals surface area contributed by atoms with Gasteiger partial charge in [-0.2, -0.15) is 4.98 Å². The Labute approximate surface area is 462 Å². The number of aliphatic hydroxyl groups excluding tert-OH is 2. The van der Waals surface area contributed by atoms with Crippen LogP contribution in [0.3, 0.4) is 0 Å². The number of benzene rings is 3. The second-order valence-electron chi connectivity index (χ2n) is 19.0. The zero-order chi connectivity index (χ0) is 57.6. The van der Waals surface area contributed by atoms with Gasteiger partial charge in [-0.3, -0.25) is 28.8 Å². The largest absolute Gasteiger partial charge is 0.507 e. The van der Waals surface area contributed by atoms with E-state index in [9.17, 15) is 69.0 Å². The molecule has 3 aliphatic rings. The summed E-state index contributed by atoms with van der Waals surface area (Å²) in [6.07, 6.45) is -5.67. The molecule has 2 amide bonds. The number of carboxylic acids is 1. The minimum absolute atomic E-state index is 0.0244. The Morgan fingerprint density at radius 2 is 1.71 bits per heavy atom. The van der Waals surface area contributed by atoms with E-state index >= 15 is 0 Å². The summed E-state index contributed by atoms with van der Waals surface area (Å²) in [4.78, 5) is 118. The number of nitrogen functional groups attached to an aromatic ring is 1. The molecular formula is C52H56N8O18S2. The third kappa shape index (κ3) is 12.8. The molecule has 1 fully saturated rings. The molecule has 3 aromatic carbocycles.